The van der Waals surface area contributed by atoms with Crippen LogP contribution in [-0.4, -0.2) is 48.9 Å². The Labute approximate surface area is 164 Å². The van der Waals surface area contributed by atoms with Crippen molar-refractivity contribution in [2.75, 3.05) is 27.2 Å². The van der Waals surface area contributed by atoms with Crippen LogP contribution in [0, 0.1) is 12.8 Å². The van der Waals surface area contributed by atoms with Crippen molar-refractivity contribution in [3.8, 4) is 5.75 Å². The van der Waals surface area contributed by atoms with Crippen LogP contribution in [0.1, 0.15) is 33.6 Å². The average molecular weight is 387 g/mol. The van der Waals surface area contributed by atoms with Crippen LogP contribution in [0.2, 0.25) is 0 Å². The highest BCUT2D eigenvalue weighted by atomic mass is 32.1. The Morgan fingerprint density at radius 3 is 2.85 bits per heavy atom. The van der Waals surface area contributed by atoms with Crippen molar-refractivity contribution in [1.29, 1.82) is 0 Å². The van der Waals surface area contributed by atoms with E-state index in [1.165, 1.54) is 11.3 Å². The normalized spacial score (nSPS) is 16.9. The number of methoxy groups -OCH3 is 1. The molecule has 0 N–H and O–H groups in total. The van der Waals surface area contributed by atoms with Gasteiger partial charge < -0.3 is 14.5 Å². The van der Waals surface area contributed by atoms with Crippen LogP contribution in [0.3, 0.4) is 0 Å². The van der Waals surface area contributed by atoms with Gasteiger partial charge in [0.15, 0.2) is 0 Å². The van der Waals surface area contributed by atoms with Crippen LogP contribution in [0.4, 0.5) is 0 Å². The molecule has 1 saturated heterocycles. The van der Waals surface area contributed by atoms with Gasteiger partial charge in [-0.1, -0.05) is 23.8 Å². The molecule has 1 aliphatic heterocycles. The third-order valence-electron chi connectivity index (χ3n) is 5.01. The maximum atomic E-state index is 13.0. The number of nitrogens with zero attached hydrogens (tertiary/aromatic N) is 2. The summed E-state index contributed by atoms with van der Waals surface area (Å²) >= 11 is 1.45. The number of carbonyl (C=O) groups excluding carboxylic acids is 2. The minimum Gasteiger partial charge on any atom is -0.496 e. The quantitative estimate of drug-likeness (QED) is 0.789. The molecule has 3 rings (SSSR count). The molecule has 6 heteroatoms. The summed E-state index contributed by atoms with van der Waals surface area (Å²) in [4.78, 5) is 29.9. The van der Waals surface area contributed by atoms with Crippen LogP contribution in [-0.2, 0) is 11.3 Å². The van der Waals surface area contributed by atoms with E-state index in [-0.39, 0.29) is 17.7 Å². The molecule has 1 aromatic carbocycles. The molecule has 0 spiro atoms. The fourth-order valence-corrected chi connectivity index (χ4v) is 4.29. The summed E-state index contributed by atoms with van der Waals surface area (Å²) in [6, 6.07) is 9.71. The van der Waals surface area contributed by atoms with E-state index in [1.807, 2.05) is 48.5 Å². The average Bonchev–Trinajstić information content (AvgIpc) is 3.22. The molecular formula is C21H26N2O3S. The predicted octanol–water partition coefficient (Wildman–Crippen LogP) is 3.58. The topological polar surface area (TPSA) is 49.9 Å². The first-order valence-electron chi connectivity index (χ1n) is 9.21. The lowest BCUT2D eigenvalue weighted by Crippen LogP contribution is -2.45. The number of likely N-dealkylation sites (tertiary alicyclic amines) is 1. The summed E-state index contributed by atoms with van der Waals surface area (Å²) < 4.78 is 5.43. The first kappa shape index (κ1) is 19.4. The minimum absolute atomic E-state index is 0.0329. The van der Waals surface area contributed by atoms with Crippen LogP contribution in [0.5, 0.6) is 5.75 Å². The highest BCUT2D eigenvalue weighted by Gasteiger charge is 2.31. The Morgan fingerprint density at radius 1 is 1.33 bits per heavy atom. The zero-order valence-corrected chi connectivity index (χ0v) is 16.9. The summed E-state index contributed by atoms with van der Waals surface area (Å²) in [6.07, 6.45) is 1.68. The number of hydrogen-bond donors (Lipinski definition) is 0. The second kappa shape index (κ2) is 8.57. The lowest BCUT2D eigenvalue weighted by molar-refractivity contribution is -0.136. The lowest BCUT2D eigenvalue weighted by Gasteiger charge is -2.34. The molecule has 1 aromatic heterocycles. The van der Waals surface area contributed by atoms with Gasteiger partial charge in [-0.25, -0.2) is 0 Å². The number of rotatable bonds is 5. The predicted molar refractivity (Wildman–Crippen MR) is 107 cm³/mol. The van der Waals surface area contributed by atoms with Crippen LogP contribution in [0.25, 0.3) is 0 Å². The SMILES string of the molecule is COc1ccc(C)cc1CN(C)C(=O)C1CCCN(C(=O)c2cccs2)C1. The van der Waals surface area contributed by atoms with Crippen molar-refractivity contribution in [3.63, 3.8) is 0 Å². The summed E-state index contributed by atoms with van der Waals surface area (Å²) in [6.45, 7) is 3.74. The number of amides is 2. The molecule has 2 aromatic rings. The van der Waals surface area contributed by atoms with E-state index < -0.39 is 0 Å². The highest BCUT2D eigenvalue weighted by Crippen LogP contribution is 2.25. The highest BCUT2D eigenvalue weighted by molar-refractivity contribution is 7.12. The van der Waals surface area contributed by atoms with E-state index in [9.17, 15) is 9.59 Å². The summed E-state index contributed by atoms with van der Waals surface area (Å²) in [7, 11) is 3.47. The van der Waals surface area contributed by atoms with E-state index >= 15 is 0 Å². The Balaban J connectivity index is 1.66. The number of piperidine rings is 1. The molecule has 1 fully saturated rings. The van der Waals surface area contributed by atoms with Gasteiger partial charge >= 0.3 is 0 Å². The summed E-state index contributed by atoms with van der Waals surface area (Å²) in [5, 5.41) is 1.91. The second-order valence-corrected chi connectivity index (χ2v) is 8.02. The standard InChI is InChI=1S/C21H26N2O3S/c1-15-8-9-18(26-3)17(12-15)13-22(2)20(24)16-6-4-10-23(14-16)21(25)19-7-5-11-27-19/h5,7-9,11-12,16H,4,6,10,13-14H2,1-3H3. The molecule has 144 valence electrons. The summed E-state index contributed by atoms with van der Waals surface area (Å²) in [5.41, 5.74) is 2.13. The molecule has 2 heterocycles. The number of thiophene rings is 1. The Kier molecular flexibility index (Phi) is 6.16. The van der Waals surface area contributed by atoms with Gasteiger partial charge in [0, 0.05) is 32.2 Å². The number of ether oxygens (including phenoxy) is 1. The number of carbonyl (C=O) groups is 2. The largest absolute Gasteiger partial charge is 0.496 e. The van der Waals surface area contributed by atoms with Crippen LogP contribution < -0.4 is 4.74 Å². The van der Waals surface area contributed by atoms with Crippen LogP contribution >= 0.6 is 11.3 Å². The molecule has 0 radical (unpaired) electrons. The molecule has 27 heavy (non-hydrogen) atoms. The van der Waals surface area contributed by atoms with E-state index in [0.717, 1.165) is 41.1 Å². The van der Waals surface area contributed by atoms with Gasteiger partial charge in [-0.3, -0.25) is 9.59 Å². The molecule has 1 unspecified atom stereocenters. The number of benzene rings is 1. The molecular weight excluding hydrogens is 360 g/mol. The van der Waals surface area contributed by atoms with Crippen molar-refractivity contribution in [2.45, 2.75) is 26.3 Å². The van der Waals surface area contributed by atoms with E-state index in [0.29, 0.717) is 13.1 Å². The van der Waals surface area contributed by atoms with Crippen molar-refractivity contribution in [2.24, 2.45) is 5.92 Å². The fourth-order valence-electron chi connectivity index (χ4n) is 3.60. The zero-order chi connectivity index (χ0) is 19.4. The summed E-state index contributed by atoms with van der Waals surface area (Å²) in [5.74, 6) is 0.759. The van der Waals surface area contributed by atoms with Gasteiger partial charge in [-0.2, -0.15) is 0 Å². The Bertz CT molecular complexity index is 804. The first-order chi connectivity index (χ1) is 13.0. The molecule has 0 aliphatic carbocycles. The molecule has 5 nitrogen and oxygen atoms in total. The number of hydrogen-bond acceptors (Lipinski definition) is 4. The smallest absolute Gasteiger partial charge is 0.263 e. The van der Waals surface area contributed by atoms with Gasteiger partial charge in [-0.15, -0.1) is 11.3 Å². The lowest BCUT2D eigenvalue weighted by atomic mass is 9.96. The number of aryl methyl sites for hydroxylation is 1. The van der Waals surface area contributed by atoms with Gasteiger partial charge in [0.05, 0.1) is 17.9 Å². The third-order valence-corrected chi connectivity index (χ3v) is 5.87. The maximum Gasteiger partial charge on any atom is 0.263 e. The zero-order valence-electron chi connectivity index (χ0n) is 16.1. The van der Waals surface area contributed by atoms with Crippen molar-refractivity contribution in [3.05, 3.63) is 51.7 Å². The third kappa shape index (κ3) is 4.50. The first-order valence-corrected chi connectivity index (χ1v) is 10.1. The van der Waals surface area contributed by atoms with E-state index in [4.69, 9.17) is 4.74 Å². The minimum atomic E-state index is -0.150. The molecule has 0 saturated carbocycles. The van der Waals surface area contributed by atoms with Gasteiger partial charge in [0.1, 0.15) is 5.75 Å². The van der Waals surface area contributed by atoms with Gasteiger partial charge in [0.2, 0.25) is 5.91 Å². The maximum absolute atomic E-state index is 13.0. The van der Waals surface area contributed by atoms with Crippen LogP contribution in [0.15, 0.2) is 35.7 Å². The second-order valence-electron chi connectivity index (χ2n) is 7.08. The van der Waals surface area contributed by atoms with Crippen molar-refractivity contribution < 1.29 is 14.3 Å². The molecule has 1 aliphatic rings. The van der Waals surface area contributed by atoms with Crippen molar-refractivity contribution >= 4 is 23.2 Å². The molecule has 2 amide bonds. The van der Waals surface area contributed by atoms with Gasteiger partial charge in [-0.05, 0) is 37.3 Å². The molecule has 0 bridgehead atoms. The molecule has 1 atom stereocenters. The fraction of sp³-hybridized carbons (Fsp3) is 0.429. The van der Waals surface area contributed by atoms with Gasteiger partial charge in [0.25, 0.3) is 5.91 Å². The van der Waals surface area contributed by atoms with E-state index in [2.05, 4.69) is 6.07 Å². The van der Waals surface area contributed by atoms with E-state index in [1.54, 1.807) is 12.0 Å². The van der Waals surface area contributed by atoms with Crippen molar-refractivity contribution in [1.82, 2.24) is 9.80 Å². The Morgan fingerprint density at radius 2 is 2.15 bits per heavy atom. The Hall–Kier alpha value is -2.34. The monoisotopic (exact) mass is 386 g/mol.